The smallest absolute Gasteiger partial charge is 0.231 e. The summed E-state index contributed by atoms with van der Waals surface area (Å²) in [7, 11) is 0. The van der Waals surface area contributed by atoms with Crippen LogP contribution in [0.4, 0.5) is 5.69 Å². The van der Waals surface area contributed by atoms with Gasteiger partial charge in [-0.1, -0.05) is 6.07 Å². The molecule has 0 spiro atoms. The summed E-state index contributed by atoms with van der Waals surface area (Å²) >= 11 is 0. The Bertz CT molecular complexity index is 584. The van der Waals surface area contributed by atoms with Gasteiger partial charge in [0, 0.05) is 12.6 Å². The Labute approximate surface area is 117 Å². The van der Waals surface area contributed by atoms with Gasteiger partial charge in [-0.05, 0) is 30.7 Å². The van der Waals surface area contributed by atoms with E-state index in [1.54, 1.807) is 6.20 Å². The second kappa shape index (κ2) is 5.69. The number of rotatable bonds is 5. The molecule has 1 aliphatic rings. The number of pyridine rings is 1. The van der Waals surface area contributed by atoms with Crippen molar-refractivity contribution in [3.8, 4) is 17.4 Å². The molecule has 104 valence electrons. The van der Waals surface area contributed by atoms with Gasteiger partial charge in [0.15, 0.2) is 11.5 Å². The molecular weight excluding hydrogens is 256 g/mol. The van der Waals surface area contributed by atoms with Crippen LogP contribution in [0.25, 0.3) is 0 Å². The van der Waals surface area contributed by atoms with Crippen molar-refractivity contribution >= 4 is 5.69 Å². The van der Waals surface area contributed by atoms with E-state index in [9.17, 15) is 0 Å². The van der Waals surface area contributed by atoms with Gasteiger partial charge in [0.05, 0.1) is 18.5 Å². The monoisotopic (exact) mass is 272 g/mol. The first-order valence-electron chi connectivity index (χ1n) is 6.56. The van der Waals surface area contributed by atoms with Crippen LogP contribution in [0.5, 0.6) is 17.4 Å². The number of benzene rings is 1. The molecule has 1 aliphatic heterocycles. The van der Waals surface area contributed by atoms with Crippen molar-refractivity contribution in [3.05, 3.63) is 42.1 Å². The zero-order valence-electron chi connectivity index (χ0n) is 11.3. The highest BCUT2D eigenvalue weighted by Crippen LogP contribution is 2.32. The molecule has 1 aromatic heterocycles. The maximum atomic E-state index is 5.35. The van der Waals surface area contributed by atoms with Crippen LogP contribution in [0.2, 0.25) is 0 Å². The summed E-state index contributed by atoms with van der Waals surface area (Å²) in [6.07, 6.45) is 1.76. The van der Waals surface area contributed by atoms with Gasteiger partial charge >= 0.3 is 0 Å². The average Bonchev–Trinajstić information content (AvgIpc) is 2.94. The van der Waals surface area contributed by atoms with Crippen LogP contribution < -0.4 is 19.5 Å². The Morgan fingerprint density at radius 3 is 2.90 bits per heavy atom. The first kappa shape index (κ1) is 12.6. The standard InChI is InChI=1S/C15H16N2O3/c1-2-18-15-6-4-12(9-17-15)16-8-11-3-5-13-14(7-11)20-10-19-13/h3-7,9,16H,2,8,10H2,1H3. The van der Waals surface area contributed by atoms with Gasteiger partial charge in [0.2, 0.25) is 12.7 Å². The molecule has 20 heavy (non-hydrogen) atoms. The fraction of sp³-hybridized carbons (Fsp3) is 0.267. The second-order valence-corrected chi connectivity index (χ2v) is 4.36. The SMILES string of the molecule is CCOc1ccc(NCc2ccc3c(c2)OCO3)cn1. The molecule has 0 bridgehead atoms. The Morgan fingerprint density at radius 2 is 2.10 bits per heavy atom. The lowest BCUT2D eigenvalue weighted by atomic mass is 10.2. The summed E-state index contributed by atoms with van der Waals surface area (Å²) in [6.45, 7) is 3.56. The van der Waals surface area contributed by atoms with Crippen molar-refractivity contribution in [1.82, 2.24) is 4.98 Å². The highest BCUT2D eigenvalue weighted by Gasteiger charge is 2.12. The molecule has 0 saturated heterocycles. The fourth-order valence-corrected chi connectivity index (χ4v) is 1.97. The lowest BCUT2D eigenvalue weighted by molar-refractivity contribution is 0.174. The number of nitrogens with one attached hydrogen (secondary N) is 1. The average molecular weight is 272 g/mol. The van der Waals surface area contributed by atoms with Crippen LogP contribution >= 0.6 is 0 Å². The zero-order valence-corrected chi connectivity index (χ0v) is 11.3. The van der Waals surface area contributed by atoms with Gasteiger partial charge in [-0.3, -0.25) is 0 Å². The highest BCUT2D eigenvalue weighted by atomic mass is 16.7. The van der Waals surface area contributed by atoms with Gasteiger partial charge in [-0.2, -0.15) is 0 Å². The van der Waals surface area contributed by atoms with E-state index >= 15 is 0 Å². The first-order chi connectivity index (χ1) is 9.85. The minimum absolute atomic E-state index is 0.301. The lowest BCUT2D eigenvalue weighted by Gasteiger charge is -2.08. The summed E-state index contributed by atoms with van der Waals surface area (Å²) in [5.74, 6) is 2.24. The Kier molecular flexibility index (Phi) is 3.58. The predicted molar refractivity (Wildman–Crippen MR) is 75.3 cm³/mol. The van der Waals surface area contributed by atoms with E-state index in [-0.39, 0.29) is 0 Å². The normalized spacial score (nSPS) is 12.2. The van der Waals surface area contributed by atoms with Crippen molar-refractivity contribution in [3.63, 3.8) is 0 Å². The van der Waals surface area contributed by atoms with E-state index in [1.807, 2.05) is 37.3 Å². The summed E-state index contributed by atoms with van der Waals surface area (Å²) in [4.78, 5) is 4.21. The molecule has 0 unspecified atom stereocenters. The summed E-state index contributed by atoms with van der Waals surface area (Å²) in [5, 5.41) is 3.31. The molecule has 5 nitrogen and oxygen atoms in total. The number of fused-ring (bicyclic) bond motifs is 1. The molecule has 2 heterocycles. The van der Waals surface area contributed by atoms with Crippen molar-refractivity contribution in [2.24, 2.45) is 0 Å². The fourth-order valence-electron chi connectivity index (χ4n) is 1.97. The highest BCUT2D eigenvalue weighted by molar-refractivity contribution is 5.47. The van der Waals surface area contributed by atoms with Crippen LogP contribution in [0.1, 0.15) is 12.5 Å². The summed E-state index contributed by atoms with van der Waals surface area (Å²) < 4.78 is 15.9. The predicted octanol–water partition coefficient (Wildman–Crippen LogP) is 2.82. The van der Waals surface area contributed by atoms with E-state index in [4.69, 9.17) is 14.2 Å². The molecule has 5 heteroatoms. The summed E-state index contributed by atoms with van der Waals surface area (Å²) in [6, 6.07) is 9.73. The molecule has 3 rings (SSSR count). The van der Waals surface area contributed by atoms with Crippen LogP contribution in [0, 0.1) is 0 Å². The summed E-state index contributed by atoms with van der Waals surface area (Å²) in [5.41, 5.74) is 2.08. The van der Waals surface area contributed by atoms with Crippen LogP contribution in [-0.2, 0) is 6.54 Å². The number of nitrogens with zero attached hydrogens (tertiary/aromatic N) is 1. The Balaban J connectivity index is 1.61. The van der Waals surface area contributed by atoms with Crippen molar-refractivity contribution < 1.29 is 14.2 Å². The van der Waals surface area contributed by atoms with Crippen LogP contribution in [-0.4, -0.2) is 18.4 Å². The Hall–Kier alpha value is -2.43. The van der Waals surface area contributed by atoms with Gasteiger partial charge < -0.3 is 19.5 Å². The molecule has 1 N–H and O–H groups in total. The van der Waals surface area contributed by atoms with Crippen LogP contribution in [0.15, 0.2) is 36.5 Å². The largest absolute Gasteiger partial charge is 0.478 e. The third-order valence-electron chi connectivity index (χ3n) is 2.96. The number of hydrogen-bond acceptors (Lipinski definition) is 5. The lowest BCUT2D eigenvalue weighted by Crippen LogP contribution is -2.00. The number of aromatic nitrogens is 1. The molecule has 0 aliphatic carbocycles. The van der Waals surface area contributed by atoms with Crippen molar-refractivity contribution in [1.29, 1.82) is 0 Å². The van der Waals surface area contributed by atoms with E-state index in [0.29, 0.717) is 25.8 Å². The maximum Gasteiger partial charge on any atom is 0.231 e. The molecule has 0 saturated carbocycles. The van der Waals surface area contributed by atoms with E-state index < -0.39 is 0 Å². The van der Waals surface area contributed by atoms with Gasteiger partial charge in [0.25, 0.3) is 0 Å². The number of anilines is 1. The molecule has 1 aromatic carbocycles. The van der Waals surface area contributed by atoms with Crippen LogP contribution in [0.3, 0.4) is 0 Å². The van der Waals surface area contributed by atoms with E-state index in [1.165, 1.54) is 0 Å². The second-order valence-electron chi connectivity index (χ2n) is 4.36. The van der Waals surface area contributed by atoms with Gasteiger partial charge in [0.1, 0.15) is 0 Å². The maximum absolute atomic E-state index is 5.35. The number of ether oxygens (including phenoxy) is 3. The van der Waals surface area contributed by atoms with Crippen molar-refractivity contribution in [2.75, 3.05) is 18.7 Å². The molecular formula is C15H16N2O3. The number of hydrogen-bond donors (Lipinski definition) is 1. The quantitative estimate of drug-likeness (QED) is 0.907. The van der Waals surface area contributed by atoms with E-state index in [0.717, 1.165) is 22.7 Å². The van der Waals surface area contributed by atoms with E-state index in [2.05, 4.69) is 10.3 Å². The van der Waals surface area contributed by atoms with Gasteiger partial charge in [-0.15, -0.1) is 0 Å². The van der Waals surface area contributed by atoms with Crippen molar-refractivity contribution in [2.45, 2.75) is 13.5 Å². The minimum atomic E-state index is 0.301. The zero-order chi connectivity index (χ0) is 13.8. The molecule has 2 aromatic rings. The first-order valence-corrected chi connectivity index (χ1v) is 6.56. The molecule has 0 radical (unpaired) electrons. The molecule has 0 fully saturated rings. The Morgan fingerprint density at radius 1 is 1.20 bits per heavy atom. The molecule has 0 atom stereocenters. The topological polar surface area (TPSA) is 52.6 Å². The molecule has 0 amide bonds. The van der Waals surface area contributed by atoms with Gasteiger partial charge in [-0.25, -0.2) is 4.98 Å². The third-order valence-corrected chi connectivity index (χ3v) is 2.96. The third kappa shape index (κ3) is 2.77. The minimum Gasteiger partial charge on any atom is -0.478 e.